The van der Waals surface area contributed by atoms with Crippen LogP contribution in [0.2, 0.25) is 0 Å². The molecule has 0 radical (unpaired) electrons. The Bertz CT molecular complexity index is 544. The second-order valence-corrected chi connectivity index (χ2v) is 3.87. The molecular formula is C10H10N4O4. The van der Waals surface area contributed by atoms with E-state index >= 15 is 0 Å². The molecule has 0 atom stereocenters. The monoisotopic (exact) mass is 250 g/mol. The molecule has 0 spiro atoms. The second kappa shape index (κ2) is 4.40. The number of carboxylic acid groups (broad SMARTS) is 1. The lowest BCUT2D eigenvalue weighted by molar-refractivity contribution is -0.419. The third-order valence-corrected chi connectivity index (χ3v) is 2.56. The highest BCUT2D eigenvalue weighted by Crippen LogP contribution is 2.22. The maximum Gasteiger partial charge on any atom is 0.323 e. The van der Waals surface area contributed by atoms with Crippen LogP contribution in [0.4, 0.5) is 0 Å². The first-order valence-electron chi connectivity index (χ1n) is 5.13. The molecule has 18 heavy (non-hydrogen) atoms. The van der Waals surface area contributed by atoms with Gasteiger partial charge in [-0.15, -0.1) is 5.10 Å². The molecule has 2 aliphatic rings. The number of likely N-dealkylation sites (N-methyl/N-ethyl adjacent to an activating group) is 1. The Kier molecular flexibility index (Phi) is 2.92. The maximum atomic E-state index is 10.7. The Morgan fingerprint density at radius 3 is 2.94 bits per heavy atom. The van der Waals surface area contributed by atoms with Crippen molar-refractivity contribution in [2.24, 2.45) is 10.2 Å². The summed E-state index contributed by atoms with van der Waals surface area (Å²) in [5, 5.41) is 27.2. The Balaban J connectivity index is 2.24. The van der Waals surface area contributed by atoms with E-state index in [1.165, 1.54) is 17.1 Å². The van der Waals surface area contributed by atoms with Crippen LogP contribution in [-0.2, 0) is 4.79 Å². The van der Waals surface area contributed by atoms with Crippen molar-refractivity contribution in [1.82, 2.24) is 4.90 Å². The molecule has 1 aliphatic heterocycles. The van der Waals surface area contributed by atoms with E-state index in [0.29, 0.717) is 23.5 Å². The third-order valence-electron chi connectivity index (χ3n) is 2.56. The first-order valence-corrected chi connectivity index (χ1v) is 5.13. The summed E-state index contributed by atoms with van der Waals surface area (Å²) in [6, 6.07) is 0. The minimum atomic E-state index is -1.00. The van der Waals surface area contributed by atoms with Crippen molar-refractivity contribution in [3.05, 3.63) is 33.5 Å². The van der Waals surface area contributed by atoms with E-state index in [1.54, 1.807) is 7.05 Å². The van der Waals surface area contributed by atoms with E-state index in [1.807, 2.05) is 0 Å². The molecule has 0 bridgehead atoms. The number of carboxylic acids is 1. The quantitative estimate of drug-likeness (QED) is 0.571. The summed E-state index contributed by atoms with van der Waals surface area (Å²) in [7, 11) is 1.55. The number of amidine groups is 1. The van der Waals surface area contributed by atoms with Crippen LogP contribution in [-0.4, -0.2) is 46.0 Å². The van der Waals surface area contributed by atoms with Gasteiger partial charge in [-0.05, 0) is 6.08 Å². The lowest BCUT2D eigenvalue weighted by Gasteiger charge is -2.18. The predicted molar refractivity (Wildman–Crippen MR) is 62.9 cm³/mol. The summed E-state index contributed by atoms with van der Waals surface area (Å²) in [4.78, 5) is 22.2. The van der Waals surface area contributed by atoms with Crippen LogP contribution >= 0.6 is 0 Å². The molecule has 0 saturated heterocycles. The first-order chi connectivity index (χ1) is 8.49. The van der Waals surface area contributed by atoms with Gasteiger partial charge in [0.05, 0.1) is 10.6 Å². The van der Waals surface area contributed by atoms with Gasteiger partial charge in [0, 0.05) is 25.1 Å². The van der Waals surface area contributed by atoms with Crippen LogP contribution in [0.25, 0.3) is 0 Å². The van der Waals surface area contributed by atoms with Crippen LogP contribution in [0.15, 0.2) is 33.6 Å². The van der Waals surface area contributed by atoms with Gasteiger partial charge in [-0.2, -0.15) is 5.10 Å². The van der Waals surface area contributed by atoms with Crippen LogP contribution in [0.1, 0.15) is 6.42 Å². The van der Waals surface area contributed by atoms with Crippen LogP contribution in [0, 0.1) is 10.1 Å². The number of fused-ring (bicyclic) bond motifs is 1. The average Bonchev–Trinajstić information content (AvgIpc) is 2.70. The molecule has 0 unspecified atom stereocenters. The molecule has 1 aliphatic carbocycles. The highest BCUT2D eigenvalue weighted by molar-refractivity contribution is 6.27. The zero-order chi connectivity index (χ0) is 13.3. The fourth-order valence-electron chi connectivity index (χ4n) is 1.74. The third kappa shape index (κ3) is 2.12. The first kappa shape index (κ1) is 12.0. The van der Waals surface area contributed by atoms with Gasteiger partial charge in [0.1, 0.15) is 6.54 Å². The van der Waals surface area contributed by atoms with E-state index in [4.69, 9.17) is 5.11 Å². The van der Waals surface area contributed by atoms with Gasteiger partial charge in [-0.1, -0.05) is 0 Å². The zero-order valence-corrected chi connectivity index (χ0v) is 9.53. The zero-order valence-electron chi connectivity index (χ0n) is 9.53. The molecule has 2 rings (SSSR count). The molecule has 0 amide bonds. The Morgan fingerprint density at radius 2 is 2.33 bits per heavy atom. The molecule has 0 fully saturated rings. The number of aliphatic carboxylic acids is 1. The summed E-state index contributed by atoms with van der Waals surface area (Å²) in [5.74, 6) is -0.657. The number of allylic oxidation sites excluding steroid dienone is 2. The molecular weight excluding hydrogens is 240 g/mol. The molecule has 94 valence electrons. The Morgan fingerprint density at radius 1 is 1.61 bits per heavy atom. The standard InChI is InChI=1S/C10H10N4O4/c1-13(5-9(15)16)10-7-4-6(14(17)18)2-3-8(7)11-12-10/h2,4H,3,5H2,1H3,(H,15,16). The number of hydrogen-bond donors (Lipinski definition) is 1. The molecule has 0 saturated carbocycles. The summed E-state index contributed by atoms with van der Waals surface area (Å²) in [6.45, 7) is -0.240. The average molecular weight is 250 g/mol. The topological polar surface area (TPSA) is 108 Å². The van der Waals surface area contributed by atoms with Gasteiger partial charge in [0.25, 0.3) is 5.70 Å². The van der Waals surface area contributed by atoms with Gasteiger partial charge in [-0.25, -0.2) is 0 Å². The van der Waals surface area contributed by atoms with Crippen molar-refractivity contribution in [1.29, 1.82) is 0 Å². The van der Waals surface area contributed by atoms with E-state index in [-0.39, 0.29) is 12.2 Å². The van der Waals surface area contributed by atoms with Gasteiger partial charge >= 0.3 is 5.97 Å². The molecule has 8 nitrogen and oxygen atoms in total. The van der Waals surface area contributed by atoms with Crippen molar-refractivity contribution in [2.75, 3.05) is 13.6 Å². The van der Waals surface area contributed by atoms with Crippen molar-refractivity contribution in [3.8, 4) is 0 Å². The fraction of sp³-hybridized carbons (Fsp3) is 0.300. The molecule has 0 aromatic rings. The number of carbonyl (C=O) groups is 1. The summed E-state index contributed by atoms with van der Waals surface area (Å²) >= 11 is 0. The SMILES string of the molecule is CN(CC(=O)O)C1=NN=C2CC=C([N+](=O)[O-])C=C21. The summed E-state index contributed by atoms with van der Waals surface area (Å²) < 4.78 is 0. The summed E-state index contributed by atoms with van der Waals surface area (Å²) in [5.41, 5.74) is 1.11. The van der Waals surface area contributed by atoms with Crippen LogP contribution in [0.5, 0.6) is 0 Å². The van der Waals surface area contributed by atoms with Crippen molar-refractivity contribution in [2.45, 2.75) is 6.42 Å². The molecule has 8 heteroatoms. The van der Waals surface area contributed by atoms with E-state index in [2.05, 4.69) is 10.2 Å². The van der Waals surface area contributed by atoms with Crippen molar-refractivity contribution < 1.29 is 14.8 Å². The van der Waals surface area contributed by atoms with Crippen LogP contribution < -0.4 is 0 Å². The lowest BCUT2D eigenvalue weighted by Crippen LogP contribution is -2.34. The van der Waals surface area contributed by atoms with E-state index in [0.717, 1.165) is 0 Å². The molecule has 0 aromatic heterocycles. The number of hydrogen-bond acceptors (Lipinski definition) is 6. The Labute approximate surface area is 102 Å². The number of rotatable bonds is 3. The van der Waals surface area contributed by atoms with Gasteiger partial charge in [0.2, 0.25) is 0 Å². The highest BCUT2D eigenvalue weighted by atomic mass is 16.6. The van der Waals surface area contributed by atoms with Gasteiger partial charge in [0.15, 0.2) is 5.84 Å². The fourth-order valence-corrected chi connectivity index (χ4v) is 1.74. The Hall–Kier alpha value is -2.51. The normalized spacial score (nSPS) is 17.2. The predicted octanol–water partition coefficient (Wildman–Crippen LogP) is 0.262. The summed E-state index contributed by atoms with van der Waals surface area (Å²) in [6.07, 6.45) is 3.15. The van der Waals surface area contributed by atoms with Crippen molar-refractivity contribution in [3.63, 3.8) is 0 Å². The van der Waals surface area contributed by atoms with Gasteiger partial charge in [-0.3, -0.25) is 14.9 Å². The van der Waals surface area contributed by atoms with Crippen LogP contribution in [0.3, 0.4) is 0 Å². The second-order valence-electron chi connectivity index (χ2n) is 3.87. The minimum Gasteiger partial charge on any atom is -0.480 e. The van der Waals surface area contributed by atoms with Crippen molar-refractivity contribution >= 4 is 17.5 Å². The van der Waals surface area contributed by atoms with E-state index in [9.17, 15) is 14.9 Å². The van der Waals surface area contributed by atoms with Gasteiger partial charge < -0.3 is 10.0 Å². The number of nitro groups is 1. The molecule has 1 N–H and O–H groups in total. The smallest absolute Gasteiger partial charge is 0.323 e. The molecule has 1 heterocycles. The molecule has 0 aromatic carbocycles. The highest BCUT2D eigenvalue weighted by Gasteiger charge is 2.28. The van der Waals surface area contributed by atoms with E-state index < -0.39 is 10.9 Å². The number of nitrogens with zero attached hydrogens (tertiary/aromatic N) is 4. The largest absolute Gasteiger partial charge is 0.480 e. The lowest BCUT2D eigenvalue weighted by atomic mass is 10.00. The maximum absolute atomic E-state index is 10.7. The minimum absolute atomic E-state index is 0.0257.